The van der Waals surface area contributed by atoms with Gasteiger partial charge in [-0.05, 0) is 56.3 Å². The van der Waals surface area contributed by atoms with E-state index in [1.807, 2.05) is 31.2 Å². The molecule has 1 atom stereocenters. The first-order valence-corrected chi connectivity index (χ1v) is 7.87. The van der Waals surface area contributed by atoms with Crippen molar-refractivity contribution >= 4 is 5.97 Å². The zero-order chi connectivity index (χ0) is 15.1. The second-order valence-electron chi connectivity index (χ2n) is 5.46. The monoisotopic (exact) mass is 291 g/mol. The van der Waals surface area contributed by atoms with Crippen molar-refractivity contribution in [1.82, 2.24) is 5.32 Å². The van der Waals surface area contributed by atoms with Gasteiger partial charge in [0.05, 0.1) is 13.2 Å². The molecule has 1 saturated carbocycles. The van der Waals surface area contributed by atoms with E-state index in [1.54, 1.807) is 0 Å². The van der Waals surface area contributed by atoms with E-state index in [9.17, 15) is 4.79 Å². The number of hydrogen-bond donors (Lipinski definition) is 1. The van der Waals surface area contributed by atoms with Gasteiger partial charge in [0.25, 0.3) is 0 Å². The Morgan fingerprint density at radius 1 is 1.38 bits per heavy atom. The van der Waals surface area contributed by atoms with E-state index in [1.165, 1.54) is 12.8 Å². The third-order valence-electron chi connectivity index (χ3n) is 3.49. The van der Waals surface area contributed by atoms with Crippen molar-refractivity contribution in [2.75, 3.05) is 19.8 Å². The Morgan fingerprint density at radius 2 is 2.19 bits per heavy atom. The molecule has 0 bridgehead atoms. The van der Waals surface area contributed by atoms with E-state index < -0.39 is 6.04 Å². The standard InChI is InChI=1S/C17H25NO3/c1-3-10-21-15-7-5-6-14(11-15)16(17(19)20-4-2)18-12-13-8-9-13/h5-7,11,13,16,18H,3-4,8-10,12H2,1-2H3. The molecule has 116 valence electrons. The molecule has 1 fully saturated rings. The number of ether oxygens (including phenoxy) is 2. The summed E-state index contributed by atoms with van der Waals surface area (Å²) in [7, 11) is 0. The Hall–Kier alpha value is -1.55. The number of carbonyl (C=O) groups is 1. The van der Waals surface area contributed by atoms with E-state index in [4.69, 9.17) is 9.47 Å². The van der Waals surface area contributed by atoms with Crippen molar-refractivity contribution in [2.24, 2.45) is 5.92 Å². The highest BCUT2D eigenvalue weighted by Crippen LogP contribution is 2.29. The highest BCUT2D eigenvalue weighted by Gasteiger charge is 2.27. The SMILES string of the molecule is CCCOc1cccc(C(NCC2CC2)C(=O)OCC)c1. The van der Waals surface area contributed by atoms with Crippen molar-refractivity contribution in [2.45, 2.75) is 39.2 Å². The van der Waals surface area contributed by atoms with Gasteiger partial charge in [-0.25, -0.2) is 4.79 Å². The predicted octanol–water partition coefficient (Wildman–Crippen LogP) is 3.08. The van der Waals surface area contributed by atoms with Crippen molar-refractivity contribution in [1.29, 1.82) is 0 Å². The van der Waals surface area contributed by atoms with E-state index >= 15 is 0 Å². The van der Waals surface area contributed by atoms with Gasteiger partial charge in [0, 0.05) is 0 Å². The van der Waals surface area contributed by atoms with Crippen LogP contribution in [0.2, 0.25) is 0 Å². The van der Waals surface area contributed by atoms with Crippen molar-refractivity contribution < 1.29 is 14.3 Å². The van der Waals surface area contributed by atoms with Crippen LogP contribution in [-0.2, 0) is 9.53 Å². The number of hydrogen-bond acceptors (Lipinski definition) is 4. The van der Waals surface area contributed by atoms with Gasteiger partial charge < -0.3 is 14.8 Å². The molecule has 1 aliphatic carbocycles. The lowest BCUT2D eigenvalue weighted by Gasteiger charge is -2.18. The summed E-state index contributed by atoms with van der Waals surface area (Å²) >= 11 is 0. The van der Waals surface area contributed by atoms with Crippen LogP contribution in [0.25, 0.3) is 0 Å². The largest absolute Gasteiger partial charge is 0.494 e. The summed E-state index contributed by atoms with van der Waals surface area (Å²) in [5, 5.41) is 3.34. The second kappa shape index (κ2) is 8.03. The first-order valence-electron chi connectivity index (χ1n) is 7.87. The molecular weight excluding hydrogens is 266 g/mol. The lowest BCUT2D eigenvalue weighted by Crippen LogP contribution is -2.31. The number of esters is 1. The fourth-order valence-electron chi connectivity index (χ4n) is 2.17. The number of nitrogens with one attached hydrogen (secondary N) is 1. The van der Waals surface area contributed by atoms with E-state index in [-0.39, 0.29) is 5.97 Å². The smallest absolute Gasteiger partial charge is 0.327 e. The molecule has 4 heteroatoms. The van der Waals surface area contributed by atoms with Gasteiger partial charge >= 0.3 is 5.97 Å². The molecule has 0 amide bonds. The molecule has 1 aromatic rings. The molecule has 1 aromatic carbocycles. The van der Waals surface area contributed by atoms with Gasteiger partial charge in [0.1, 0.15) is 11.8 Å². The van der Waals surface area contributed by atoms with Crippen LogP contribution in [-0.4, -0.2) is 25.7 Å². The maximum atomic E-state index is 12.2. The molecule has 4 nitrogen and oxygen atoms in total. The maximum Gasteiger partial charge on any atom is 0.327 e. The first kappa shape index (κ1) is 15.8. The zero-order valence-electron chi connectivity index (χ0n) is 12.9. The Labute approximate surface area is 126 Å². The summed E-state index contributed by atoms with van der Waals surface area (Å²) < 4.78 is 10.8. The molecule has 0 aromatic heterocycles. The minimum atomic E-state index is -0.407. The zero-order valence-corrected chi connectivity index (χ0v) is 12.9. The number of benzene rings is 1. The quantitative estimate of drug-likeness (QED) is 0.710. The van der Waals surface area contributed by atoms with Crippen LogP contribution < -0.4 is 10.1 Å². The van der Waals surface area contributed by atoms with Crippen molar-refractivity contribution in [3.63, 3.8) is 0 Å². The Kier molecular flexibility index (Phi) is 6.05. The number of carbonyl (C=O) groups excluding carboxylic acids is 1. The van der Waals surface area contributed by atoms with E-state index in [2.05, 4.69) is 12.2 Å². The van der Waals surface area contributed by atoms with Gasteiger partial charge in [-0.2, -0.15) is 0 Å². The predicted molar refractivity (Wildman–Crippen MR) is 82.3 cm³/mol. The molecule has 0 heterocycles. The Balaban J connectivity index is 2.07. The van der Waals surface area contributed by atoms with E-state index in [0.29, 0.717) is 19.1 Å². The summed E-state index contributed by atoms with van der Waals surface area (Å²) in [5.74, 6) is 1.30. The van der Waals surface area contributed by atoms with Crippen LogP contribution in [0.1, 0.15) is 44.7 Å². The van der Waals surface area contributed by atoms with Crippen LogP contribution >= 0.6 is 0 Å². The molecule has 21 heavy (non-hydrogen) atoms. The van der Waals surface area contributed by atoms with E-state index in [0.717, 1.165) is 24.3 Å². The van der Waals surface area contributed by atoms with Crippen LogP contribution in [0.3, 0.4) is 0 Å². The van der Waals surface area contributed by atoms with Gasteiger partial charge in [0.15, 0.2) is 0 Å². The Bertz CT molecular complexity index is 457. The lowest BCUT2D eigenvalue weighted by molar-refractivity contribution is -0.145. The minimum absolute atomic E-state index is 0.217. The van der Waals surface area contributed by atoms with Crippen molar-refractivity contribution in [3.05, 3.63) is 29.8 Å². The van der Waals surface area contributed by atoms with Crippen LogP contribution in [0.5, 0.6) is 5.75 Å². The maximum absolute atomic E-state index is 12.2. The lowest BCUT2D eigenvalue weighted by atomic mass is 10.1. The molecule has 1 unspecified atom stereocenters. The summed E-state index contributed by atoms with van der Waals surface area (Å²) in [6, 6.07) is 7.31. The topological polar surface area (TPSA) is 47.6 Å². The molecule has 1 N–H and O–H groups in total. The van der Waals surface area contributed by atoms with Gasteiger partial charge in [-0.1, -0.05) is 19.1 Å². The fourth-order valence-corrected chi connectivity index (χ4v) is 2.17. The molecule has 0 spiro atoms. The van der Waals surface area contributed by atoms with Crippen LogP contribution in [0.15, 0.2) is 24.3 Å². The molecule has 0 radical (unpaired) electrons. The summed E-state index contributed by atoms with van der Waals surface area (Å²) in [5.41, 5.74) is 0.905. The highest BCUT2D eigenvalue weighted by atomic mass is 16.5. The molecule has 2 rings (SSSR count). The summed E-state index contributed by atoms with van der Waals surface area (Å²) in [4.78, 5) is 12.2. The van der Waals surface area contributed by atoms with Gasteiger partial charge in [-0.15, -0.1) is 0 Å². The average molecular weight is 291 g/mol. The summed E-state index contributed by atoms with van der Waals surface area (Å²) in [6.45, 7) is 5.85. The van der Waals surface area contributed by atoms with Crippen LogP contribution in [0.4, 0.5) is 0 Å². The third kappa shape index (κ3) is 5.05. The normalized spacial score (nSPS) is 15.5. The third-order valence-corrected chi connectivity index (χ3v) is 3.49. The van der Waals surface area contributed by atoms with Gasteiger partial charge in [0.2, 0.25) is 0 Å². The molecule has 1 aliphatic rings. The fraction of sp³-hybridized carbons (Fsp3) is 0.588. The average Bonchev–Trinajstić information content (AvgIpc) is 3.30. The molecule has 0 saturated heterocycles. The second-order valence-corrected chi connectivity index (χ2v) is 5.46. The number of rotatable bonds is 9. The highest BCUT2D eigenvalue weighted by molar-refractivity contribution is 5.77. The summed E-state index contributed by atoms with van der Waals surface area (Å²) in [6.07, 6.45) is 3.47. The first-order chi connectivity index (χ1) is 10.2. The van der Waals surface area contributed by atoms with Crippen molar-refractivity contribution in [3.8, 4) is 5.75 Å². The van der Waals surface area contributed by atoms with Crippen LogP contribution in [0, 0.1) is 5.92 Å². The van der Waals surface area contributed by atoms with Gasteiger partial charge in [-0.3, -0.25) is 0 Å². The molecule has 0 aliphatic heterocycles. The Morgan fingerprint density at radius 3 is 2.86 bits per heavy atom. The molecular formula is C17H25NO3. The minimum Gasteiger partial charge on any atom is -0.494 e.